The molecule has 2 unspecified atom stereocenters. The number of benzene rings is 1. The summed E-state index contributed by atoms with van der Waals surface area (Å²) in [5, 5.41) is 12.8. The van der Waals surface area contributed by atoms with Gasteiger partial charge in [0.1, 0.15) is 24.4 Å². The van der Waals surface area contributed by atoms with Crippen LogP contribution in [0.2, 0.25) is 0 Å². The number of carbonyl (C=O) groups excluding carboxylic acids is 2. The molecule has 0 radical (unpaired) electrons. The Balaban J connectivity index is 1.63. The fraction of sp³-hybridized carbons (Fsp3) is 0.300. The maximum atomic E-state index is 12.4. The molecule has 8 N–H and O–H groups in total. The van der Waals surface area contributed by atoms with E-state index in [1.807, 2.05) is 0 Å². The third-order valence-corrected chi connectivity index (χ3v) is 8.99. The second-order valence-corrected chi connectivity index (χ2v) is 12.7. The topological polar surface area (TPSA) is 296 Å². The zero-order valence-electron chi connectivity index (χ0n) is 20.9. The first-order chi connectivity index (χ1) is 19.5. The Hall–Kier alpha value is -3.07. The molecule has 0 aliphatic carbocycles. The van der Waals surface area contributed by atoms with Crippen molar-refractivity contribution in [2.45, 2.75) is 24.9 Å². The van der Waals surface area contributed by atoms with Crippen LogP contribution in [0.3, 0.4) is 0 Å². The summed E-state index contributed by atoms with van der Waals surface area (Å²) in [6.07, 6.45) is -2.47. The minimum Gasteiger partial charge on any atom is -0.390 e. The minimum atomic E-state index is -5.74. The lowest BCUT2D eigenvalue weighted by atomic mass is 10.1. The maximum absolute atomic E-state index is 12.4. The zero-order valence-corrected chi connectivity index (χ0v) is 23.6. The highest BCUT2D eigenvalue weighted by molar-refractivity contribution is 7.66. The van der Waals surface area contributed by atoms with Gasteiger partial charge in [0.25, 0.3) is 5.91 Å². The number of phosphoric ester groups is 1. The van der Waals surface area contributed by atoms with Crippen LogP contribution in [0.15, 0.2) is 35.3 Å². The van der Waals surface area contributed by atoms with Gasteiger partial charge in [0, 0.05) is 23.7 Å². The molecule has 22 heteroatoms. The zero-order chi connectivity index (χ0) is 31.3. The van der Waals surface area contributed by atoms with E-state index in [-0.39, 0.29) is 29.9 Å². The van der Waals surface area contributed by atoms with Gasteiger partial charge in [-0.05, 0) is 12.1 Å². The number of amides is 1. The Morgan fingerprint density at radius 1 is 1.17 bits per heavy atom. The smallest absolute Gasteiger partial charge is 0.390 e. The molecule has 1 aliphatic rings. The number of nitrogens with two attached hydrogens (primary N) is 1. The molecule has 0 bridgehead atoms. The van der Waals surface area contributed by atoms with Crippen LogP contribution < -0.4 is 16.7 Å². The van der Waals surface area contributed by atoms with Gasteiger partial charge in [-0.25, -0.2) is 18.5 Å². The van der Waals surface area contributed by atoms with Gasteiger partial charge in [0.15, 0.2) is 0 Å². The molecule has 1 saturated heterocycles. The number of nitrogens with one attached hydrogen (secondary N) is 1. The summed E-state index contributed by atoms with van der Waals surface area (Å²) in [6, 6.07) is 5.85. The van der Waals surface area contributed by atoms with E-state index >= 15 is 0 Å². The highest BCUT2D eigenvalue weighted by atomic mass is 31.3. The number of ether oxygens (including phenoxy) is 1. The van der Waals surface area contributed by atoms with E-state index in [9.17, 15) is 43.0 Å². The van der Waals surface area contributed by atoms with Crippen LogP contribution in [-0.2, 0) is 31.6 Å². The summed E-state index contributed by atoms with van der Waals surface area (Å²) >= 11 is 0. The molecule has 1 aliphatic heterocycles. The van der Waals surface area contributed by atoms with Crippen LogP contribution in [0.5, 0.6) is 0 Å². The predicted molar refractivity (Wildman–Crippen MR) is 138 cm³/mol. The first kappa shape index (κ1) is 33.4. The molecule has 1 aromatic heterocycles. The van der Waals surface area contributed by atoms with Crippen LogP contribution in [0, 0.1) is 11.8 Å². The second-order valence-electron chi connectivity index (χ2n) is 8.27. The molecule has 1 aromatic carbocycles. The van der Waals surface area contributed by atoms with E-state index in [4.69, 9.17) is 20.3 Å². The minimum absolute atomic E-state index is 0.0500. The molecular formula is C20H23N4O15P3. The van der Waals surface area contributed by atoms with Crippen molar-refractivity contribution in [3.05, 3.63) is 57.6 Å². The summed E-state index contributed by atoms with van der Waals surface area (Å²) in [5.41, 5.74) is 5.59. The SMILES string of the molecule is Nc1nc(=O)n([C@H]2C[C@H](O)[C@@H](COP(=O)(O)OP(=O)(O)OP(=O)(O)O)O2)cc1C#CCNC(=O)c1ccc(C=O)cc1. The van der Waals surface area contributed by atoms with Crippen molar-refractivity contribution in [1.29, 1.82) is 0 Å². The summed E-state index contributed by atoms with van der Waals surface area (Å²) in [7, 11) is -16.8. The number of anilines is 1. The standard InChI is InChI=1S/C20H23N4O15P3/c21-18-14(2-1-7-22-19(27)13-5-3-12(10-25)4-6-13)9-24(20(28)23-18)17-8-15(26)16(37-17)11-36-41(32,33)39-42(34,35)38-40(29,30)31/h3-6,9-10,15-17,26H,7-8,11H2,(H,22,27)(H,32,33)(H,34,35)(H2,21,23,28)(H2,29,30,31)/t15-,16+,17+/m0/s1. The largest absolute Gasteiger partial charge is 0.490 e. The van der Waals surface area contributed by atoms with Gasteiger partial charge in [-0.15, -0.1) is 0 Å². The molecule has 2 heterocycles. The molecule has 1 fully saturated rings. The summed E-state index contributed by atoms with van der Waals surface area (Å²) in [6.45, 7) is -1.07. The first-order valence-corrected chi connectivity index (χ1v) is 15.8. The fourth-order valence-electron chi connectivity index (χ4n) is 3.37. The van der Waals surface area contributed by atoms with Crippen molar-refractivity contribution >= 4 is 41.5 Å². The number of nitrogens with zero attached hydrogens (tertiary/aromatic N) is 2. The molecule has 42 heavy (non-hydrogen) atoms. The number of aliphatic hydroxyl groups excluding tert-OH is 1. The summed E-state index contributed by atoms with van der Waals surface area (Å²) in [4.78, 5) is 74.9. The molecule has 1 amide bonds. The van der Waals surface area contributed by atoms with Crippen molar-refractivity contribution < 1.29 is 65.8 Å². The predicted octanol–water partition coefficient (Wildman–Crippen LogP) is -0.589. The number of nitrogen functional groups attached to an aromatic ring is 1. The summed E-state index contributed by atoms with van der Waals surface area (Å²) in [5.74, 6) is 4.55. The highest BCUT2D eigenvalue weighted by Gasteiger charge is 2.43. The molecule has 19 nitrogen and oxygen atoms in total. The number of phosphoric acid groups is 3. The third kappa shape index (κ3) is 9.75. The number of rotatable bonds is 11. The first-order valence-electron chi connectivity index (χ1n) is 11.3. The van der Waals surface area contributed by atoms with E-state index in [1.165, 1.54) is 30.5 Å². The monoisotopic (exact) mass is 652 g/mol. The highest BCUT2D eigenvalue weighted by Crippen LogP contribution is 2.66. The summed E-state index contributed by atoms with van der Waals surface area (Å²) < 4.78 is 52.1. The number of hydrogen-bond acceptors (Lipinski definition) is 13. The van der Waals surface area contributed by atoms with Crippen molar-refractivity contribution in [1.82, 2.24) is 14.9 Å². The van der Waals surface area contributed by atoms with Crippen molar-refractivity contribution in [3.63, 3.8) is 0 Å². The molecule has 3 rings (SSSR count). The normalized spacial score (nSPS) is 21.4. The number of carbonyl (C=O) groups is 2. The molecule has 0 spiro atoms. The van der Waals surface area contributed by atoms with E-state index in [0.29, 0.717) is 11.8 Å². The Bertz CT molecular complexity index is 1600. The lowest BCUT2D eigenvalue weighted by Gasteiger charge is -2.19. The molecule has 0 saturated carbocycles. The lowest BCUT2D eigenvalue weighted by Crippen LogP contribution is -2.29. The Morgan fingerprint density at radius 2 is 1.83 bits per heavy atom. The number of aromatic nitrogens is 2. The average molecular weight is 652 g/mol. The Kier molecular flexibility index (Phi) is 10.7. The fourth-order valence-corrected chi connectivity index (χ4v) is 6.40. The van der Waals surface area contributed by atoms with Crippen LogP contribution in [0.25, 0.3) is 0 Å². The van der Waals surface area contributed by atoms with Gasteiger partial charge in [0.05, 0.1) is 24.8 Å². The van der Waals surface area contributed by atoms with Crippen molar-refractivity contribution in [2.24, 2.45) is 0 Å². The van der Waals surface area contributed by atoms with Crippen LogP contribution in [0.4, 0.5) is 5.82 Å². The average Bonchev–Trinajstić information content (AvgIpc) is 3.24. The molecule has 2 aromatic rings. The third-order valence-electron chi connectivity index (χ3n) is 5.18. The van der Waals surface area contributed by atoms with Crippen molar-refractivity contribution in [2.75, 3.05) is 18.9 Å². The van der Waals surface area contributed by atoms with Crippen LogP contribution >= 0.6 is 23.5 Å². The van der Waals surface area contributed by atoms with E-state index < -0.39 is 60.1 Å². The molecular weight excluding hydrogens is 629 g/mol. The van der Waals surface area contributed by atoms with E-state index in [1.54, 1.807) is 0 Å². The number of aldehydes is 1. The molecule has 5 atom stereocenters. The van der Waals surface area contributed by atoms with Gasteiger partial charge in [0.2, 0.25) is 0 Å². The van der Waals surface area contributed by atoms with Gasteiger partial charge >= 0.3 is 29.2 Å². The Morgan fingerprint density at radius 3 is 2.45 bits per heavy atom. The lowest BCUT2D eigenvalue weighted by molar-refractivity contribution is -0.0449. The quantitative estimate of drug-likeness (QED) is 0.0906. The Labute approximate surface area is 235 Å². The van der Waals surface area contributed by atoms with Crippen LogP contribution in [-0.4, -0.2) is 71.8 Å². The number of hydrogen-bond donors (Lipinski definition) is 7. The molecule has 228 valence electrons. The van der Waals surface area contributed by atoms with Crippen molar-refractivity contribution in [3.8, 4) is 11.8 Å². The van der Waals surface area contributed by atoms with E-state index in [0.717, 1.165) is 4.57 Å². The second kappa shape index (κ2) is 13.5. The van der Waals surface area contributed by atoms with Gasteiger partial charge in [-0.1, -0.05) is 24.0 Å². The van der Waals surface area contributed by atoms with E-state index in [2.05, 4.69) is 35.3 Å². The van der Waals surface area contributed by atoms with Gasteiger partial charge < -0.3 is 40.5 Å². The van der Waals surface area contributed by atoms with Crippen LogP contribution in [0.1, 0.15) is 38.9 Å². The van der Waals surface area contributed by atoms with Gasteiger partial charge in [-0.2, -0.15) is 13.6 Å². The number of aliphatic hydroxyl groups is 1. The van der Waals surface area contributed by atoms with Gasteiger partial charge in [-0.3, -0.25) is 18.7 Å². The maximum Gasteiger partial charge on any atom is 0.490 e.